The van der Waals surface area contributed by atoms with Crippen LogP contribution in [0.1, 0.15) is 32.1 Å². The lowest BCUT2D eigenvalue weighted by atomic mass is 9.79. The van der Waals surface area contributed by atoms with E-state index in [4.69, 9.17) is 0 Å². The van der Waals surface area contributed by atoms with E-state index in [2.05, 4.69) is 11.9 Å². The van der Waals surface area contributed by atoms with E-state index in [0.29, 0.717) is 18.4 Å². The van der Waals surface area contributed by atoms with Crippen LogP contribution < -0.4 is 5.32 Å². The fourth-order valence-corrected chi connectivity index (χ4v) is 2.29. The molecule has 0 aliphatic heterocycles. The van der Waals surface area contributed by atoms with Crippen molar-refractivity contribution in [2.75, 3.05) is 19.7 Å². The lowest BCUT2D eigenvalue weighted by Gasteiger charge is -2.30. The Morgan fingerprint density at radius 2 is 2.00 bits per heavy atom. The molecule has 2 nitrogen and oxygen atoms in total. The quantitative estimate of drug-likeness (QED) is 0.504. The van der Waals surface area contributed by atoms with Crippen molar-refractivity contribution in [3.05, 3.63) is 12.7 Å². The summed E-state index contributed by atoms with van der Waals surface area (Å²) in [6.45, 7) is 6.16. The van der Waals surface area contributed by atoms with Crippen molar-refractivity contribution < 1.29 is 5.11 Å². The fraction of sp³-hybridized carbons (Fsp3) is 0.833. The Bertz CT molecular complexity index is 158. The third-order valence-electron chi connectivity index (χ3n) is 3.23. The Kier molecular flexibility index (Phi) is 5.88. The molecule has 14 heavy (non-hydrogen) atoms. The van der Waals surface area contributed by atoms with Crippen LogP contribution in [0.5, 0.6) is 0 Å². The molecule has 0 aromatic heterocycles. The summed E-state index contributed by atoms with van der Waals surface area (Å²) in [4.78, 5) is 0. The number of aliphatic hydroxyl groups is 1. The summed E-state index contributed by atoms with van der Waals surface area (Å²) in [6.07, 6.45) is 8.11. The van der Waals surface area contributed by atoms with E-state index in [0.717, 1.165) is 19.5 Å². The predicted octanol–water partition coefficient (Wildman–Crippen LogP) is 1.95. The minimum Gasteiger partial charge on any atom is -0.396 e. The Labute approximate surface area is 87.4 Å². The summed E-state index contributed by atoms with van der Waals surface area (Å²) in [5.41, 5.74) is 0. The van der Waals surface area contributed by atoms with E-state index in [1.165, 1.54) is 25.7 Å². The molecule has 0 amide bonds. The molecule has 1 aliphatic rings. The molecule has 1 rings (SSSR count). The van der Waals surface area contributed by atoms with Gasteiger partial charge in [-0.2, -0.15) is 0 Å². The van der Waals surface area contributed by atoms with Crippen molar-refractivity contribution in [2.45, 2.75) is 32.1 Å². The maximum Gasteiger partial charge on any atom is 0.0462 e. The van der Waals surface area contributed by atoms with Crippen LogP contribution in [-0.4, -0.2) is 24.8 Å². The molecule has 82 valence electrons. The van der Waals surface area contributed by atoms with Crippen molar-refractivity contribution in [1.82, 2.24) is 5.32 Å². The minimum absolute atomic E-state index is 0.369. The second-order valence-electron chi connectivity index (χ2n) is 4.27. The smallest absolute Gasteiger partial charge is 0.0462 e. The summed E-state index contributed by atoms with van der Waals surface area (Å²) in [5, 5.41) is 12.7. The molecule has 1 aliphatic carbocycles. The fourth-order valence-electron chi connectivity index (χ4n) is 2.29. The van der Waals surface area contributed by atoms with E-state index >= 15 is 0 Å². The number of aliphatic hydroxyl groups excluding tert-OH is 1. The molecule has 1 fully saturated rings. The lowest BCUT2D eigenvalue weighted by Crippen LogP contribution is -2.32. The highest BCUT2D eigenvalue weighted by atomic mass is 16.3. The first kappa shape index (κ1) is 11.7. The highest BCUT2D eigenvalue weighted by molar-refractivity contribution is 4.77. The van der Waals surface area contributed by atoms with Gasteiger partial charge in [0.2, 0.25) is 0 Å². The van der Waals surface area contributed by atoms with Gasteiger partial charge in [0.05, 0.1) is 0 Å². The maximum atomic E-state index is 9.22. The molecule has 0 radical (unpaired) electrons. The summed E-state index contributed by atoms with van der Waals surface area (Å²) in [7, 11) is 0. The third kappa shape index (κ3) is 3.81. The van der Waals surface area contributed by atoms with Crippen LogP contribution in [0.25, 0.3) is 0 Å². The van der Waals surface area contributed by atoms with Crippen LogP contribution in [0, 0.1) is 11.8 Å². The van der Waals surface area contributed by atoms with Gasteiger partial charge in [-0.25, -0.2) is 0 Å². The average Bonchev–Trinajstić information content (AvgIpc) is 2.25. The predicted molar refractivity (Wildman–Crippen MR) is 60.2 cm³/mol. The van der Waals surface area contributed by atoms with Gasteiger partial charge in [0.15, 0.2) is 0 Å². The van der Waals surface area contributed by atoms with Crippen molar-refractivity contribution in [1.29, 1.82) is 0 Å². The molecule has 0 aromatic rings. The van der Waals surface area contributed by atoms with Gasteiger partial charge >= 0.3 is 0 Å². The molecule has 2 N–H and O–H groups in total. The molecular weight excluding hydrogens is 174 g/mol. The Balaban J connectivity index is 2.16. The first-order valence-corrected chi connectivity index (χ1v) is 5.81. The third-order valence-corrected chi connectivity index (χ3v) is 3.23. The largest absolute Gasteiger partial charge is 0.396 e. The van der Waals surface area contributed by atoms with Crippen molar-refractivity contribution in [2.24, 2.45) is 11.8 Å². The van der Waals surface area contributed by atoms with Crippen LogP contribution in [-0.2, 0) is 0 Å². The summed E-state index contributed by atoms with van der Waals surface area (Å²) in [5.74, 6) is 1.23. The second-order valence-corrected chi connectivity index (χ2v) is 4.27. The number of hydrogen-bond donors (Lipinski definition) is 2. The molecule has 2 unspecified atom stereocenters. The van der Waals surface area contributed by atoms with E-state index in [1.807, 2.05) is 6.08 Å². The minimum atomic E-state index is 0.369. The molecule has 2 heteroatoms. The first-order valence-electron chi connectivity index (χ1n) is 5.81. The van der Waals surface area contributed by atoms with Gasteiger partial charge in [-0.1, -0.05) is 18.9 Å². The van der Waals surface area contributed by atoms with Gasteiger partial charge in [-0.05, 0) is 44.2 Å². The number of nitrogens with one attached hydrogen (secondary N) is 1. The summed E-state index contributed by atoms with van der Waals surface area (Å²) < 4.78 is 0. The van der Waals surface area contributed by atoms with Crippen LogP contribution in [0.4, 0.5) is 0 Å². The highest BCUT2D eigenvalue weighted by Crippen LogP contribution is 2.28. The molecule has 0 heterocycles. The Morgan fingerprint density at radius 3 is 2.64 bits per heavy atom. The van der Waals surface area contributed by atoms with Crippen LogP contribution in [0.2, 0.25) is 0 Å². The lowest BCUT2D eigenvalue weighted by molar-refractivity contribution is 0.133. The van der Waals surface area contributed by atoms with Crippen LogP contribution in [0.15, 0.2) is 12.7 Å². The molecule has 0 bridgehead atoms. The zero-order valence-corrected chi connectivity index (χ0v) is 9.04. The van der Waals surface area contributed by atoms with E-state index in [1.54, 1.807) is 0 Å². The highest BCUT2D eigenvalue weighted by Gasteiger charge is 2.23. The monoisotopic (exact) mass is 197 g/mol. The molecule has 2 atom stereocenters. The zero-order chi connectivity index (χ0) is 10.2. The summed E-state index contributed by atoms with van der Waals surface area (Å²) in [6, 6.07) is 0. The van der Waals surface area contributed by atoms with Crippen molar-refractivity contribution in [3.63, 3.8) is 0 Å². The average molecular weight is 197 g/mol. The standard InChI is InChI=1S/C12H23NO/c1-2-3-8-13-9-11-6-4-5-7-12(11)10-14/h2,11-14H,1,3-10H2. The molecule has 0 aromatic carbocycles. The van der Waals surface area contributed by atoms with Crippen LogP contribution in [0.3, 0.4) is 0 Å². The van der Waals surface area contributed by atoms with E-state index in [9.17, 15) is 5.11 Å². The maximum absolute atomic E-state index is 9.22. The van der Waals surface area contributed by atoms with Gasteiger partial charge in [0, 0.05) is 6.61 Å². The second kappa shape index (κ2) is 7.02. The molecular formula is C12H23NO. The topological polar surface area (TPSA) is 32.3 Å². The number of hydrogen-bond acceptors (Lipinski definition) is 2. The Morgan fingerprint density at radius 1 is 1.29 bits per heavy atom. The van der Waals surface area contributed by atoms with Gasteiger partial charge in [0.25, 0.3) is 0 Å². The van der Waals surface area contributed by atoms with Crippen molar-refractivity contribution in [3.8, 4) is 0 Å². The van der Waals surface area contributed by atoms with Gasteiger partial charge < -0.3 is 10.4 Å². The van der Waals surface area contributed by atoms with Gasteiger partial charge in [0.1, 0.15) is 0 Å². The zero-order valence-electron chi connectivity index (χ0n) is 9.04. The van der Waals surface area contributed by atoms with Crippen molar-refractivity contribution >= 4 is 0 Å². The van der Waals surface area contributed by atoms with Crippen LogP contribution >= 0.6 is 0 Å². The Hall–Kier alpha value is -0.340. The molecule has 0 spiro atoms. The van der Waals surface area contributed by atoms with E-state index in [-0.39, 0.29) is 0 Å². The van der Waals surface area contributed by atoms with Gasteiger partial charge in [-0.3, -0.25) is 0 Å². The van der Waals surface area contributed by atoms with Gasteiger partial charge in [-0.15, -0.1) is 6.58 Å². The normalized spacial score (nSPS) is 27.5. The van der Waals surface area contributed by atoms with E-state index < -0.39 is 0 Å². The first-order chi connectivity index (χ1) is 6.88. The SMILES string of the molecule is C=CCCNCC1CCCCC1CO. The number of rotatable bonds is 6. The molecule has 1 saturated carbocycles. The summed E-state index contributed by atoms with van der Waals surface area (Å²) >= 11 is 0. The molecule has 0 saturated heterocycles.